The number of nitrogens with one attached hydrogen (secondary N) is 2. The van der Waals surface area contributed by atoms with Crippen molar-refractivity contribution < 1.29 is 13.2 Å². The summed E-state index contributed by atoms with van der Waals surface area (Å²) in [6.07, 6.45) is 0. The van der Waals surface area contributed by atoms with Gasteiger partial charge in [0.25, 0.3) is 10.0 Å². The van der Waals surface area contributed by atoms with E-state index in [0.29, 0.717) is 17.9 Å². The SMILES string of the molecule is COc1ccc(CNc2ccc(NS(=O)(=O)c3ccc(C)cc3C)nn2)cc1. The molecule has 1 heterocycles. The van der Waals surface area contributed by atoms with Crippen molar-refractivity contribution in [3.8, 4) is 5.75 Å². The van der Waals surface area contributed by atoms with Gasteiger partial charge in [0.1, 0.15) is 11.6 Å². The Morgan fingerprint density at radius 3 is 2.21 bits per heavy atom. The molecule has 2 aromatic carbocycles. The van der Waals surface area contributed by atoms with Gasteiger partial charge in [-0.15, -0.1) is 10.2 Å². The van der Waals surface area contributed by atoms with Gasteiger partial charge >= 0.3 is 0 Å². The lowest BCUT2D eigenvalue weighted by molar-refractivity contribution is 0.414. The maximum Gasteiger partial charge on any atom is 0.263 e. The summed E-state index contributed by atoms with van der Waals surface area (Å²) in [5.74, 6) is 1.50. The minimum Gasteiger partial charge on any atom is -0.497 e. The van der Waals surface area contributed by atoms with Gasteiger partial charge in [-0.05, 0) is 55.3 Å². The molecule has 1 aromatic heterocycles. The molecule has 28 heavy (non-hydrogen) atoms. The third-order valence-corrected chi connectivity index (χ3v) is 5.67. The van der Waals surface area contributed by atoms with Crippen LogP contribution in [-0.2, 0) is 16.6 Å². The molecule has 0 unspecified atom stereocenters. The number of anilines is 2. The lowest BCUT2D eigenvalue weighted by atomic mass is 10.2. The Hall–Kier alpha value is -3.13. The summed E-state index contributed by atoms with van der Waals surface area (Å²) in [6.45, 7) is 4.24. The van der Waals surface area contributed by atoms with Crippen LogP contribution in [0.3, 0.4) is 0 Å². The molecule has 3 aromatic rings. The Balaban J connectivity index is 1.65. The highest BCUT2D eigenvalue weighted by molar-refractivity contribution is 7.92. The molecular formula is C20H22N4O3S. The molecule has 0 saturated carbocycles. The molecule has 0 atom stereocenters. The van der Waals surface area contributed by atoms with Crippen LogP contribution in [-0.4, -0.2) is 25.7 Å². The molecule has 0 fully saturated rings. The van der Waals surface area contributed by atoms with Crippen molar-refractivity contribution >= 4 is 21.7 Å². The zero-order valence-electron chi connectivity index (χ0n) is 15.9. The van der Waals surface area contributed by atoms with Crippen molar-refractivity contribution in [2.45, 2.75) is 25.3 Å². The fourth-order valence-corrected chi connectivity index (χ4v) is 3.93. The van der Waals surface area contributed by atoms with Crippen LogP contribution in [0.25, 0.3) is 0 Å². The van der Waals surface area contributed by atoms with Crippen LogP contribution in [0, 0.1) is 13.8 Å². The Labute approximate surface area is 164 Å². The van der Waals surface area contributed by atoms with Crippen molar-refractivity contribution in [2.75, 3.05) is 17.1 Å². The second-order valence-electron chi connectivity index (χ2n) is 6.38. The van der Waals surface area contributed by atoms with Crippen LogP contribution in [0.4, 0.5) is 11.6 Å². The van der Waals surface area contributed by atoms with E-state index in [-0.39, 0.29) is 10.7 Å². The molecule has 2 N–H and O–H groups in total. The number of methoxy groups -OCH3 is 1. The molecule has 0 aliphatic heterocycles. The van der Waals surface area contributed by atoms with Gasteiger partial charge in [-0.25, -0.2) is 8.42 Å². The summed E-state index contributed by atoms with van der Waals surface area (Å²) in [5.41, 5.74) is 2.74. The third-order valence-electron chi connectivity index (χ3n) is 4.16. The van der Waals surface area contributed by atoms with E-state index in [1.54, 1.807) is 38.3 Å². The molecule has 0 aliphatic rings. The quantitative estimate of drug-likeness (QED) is 0.633. The molecular weight excluding hydrogens is 376 g/mol. The van der Waals surface area contributed by atoms with Crippen molar-refractivity contribution in [1.82, 2.24) is 10.2 Å². The predicted octanol–water partition coefficient (Wildman–Crippen LogP) is 3.51. The third kappa shape index (κ3) is 4.77. The lowest BCUT2D eigenvalue weighted by Gasteiger charge is -2.11. The van der Waals surface area contributed by atoms with E-state index in [2.05, 4.69) is 20.2 Å². The molecule has 0 bridgehead atoms. The van der Waals surface area contributed by atoms with Gasteiger partial charge in [0, 0.05) is 6.54 Å². The molecule has 7 nitrogen and oxygen atoms in total. The van der Waals surface area contributed by atoms with Crippen LogP contribution in [0.15, 0.2) is 59.5 Å². The molecule has 146 valence electrons. The fourth-order valence-electron chi connectivity index (χ4n) is 2.71. The van der Waals surface area contributed by atoms with E-state index in [9.17, 15) is 8.42 Å². The van der Waals surface area contributed by atoms with E-state index in [1.807, 2.05) is 37.3 Å². The van der Waals surface area contributed by atoms with Crippen LogP contribution >= 0.6 is 0 Å². The zero-order valence-corrected chi connectivity index (χ0v) is 16.7. The predicted molar refractivity (Wildman–Crippen MR) is 109 cm³/mol. The fraction of sp³-hybridized carbons (Fsp3) is 0.200. The average Bonchev–Trinajstić information content (AvgIpc) is 2.67. The molecule has 0 spiro atoms. The topological polar surface area (TPSA) is 93.2 Å². The normalized spacial score (nSPS) is 11.1. The standard InChI is InChI=1S/C20H22N4O3S/c1-14-4-9-18(15(2)12-14)28(25,26)24-20-11-10-19(22-23-20)21-13-16-5-7-17(27-3)8-6-16/h4-12H,13H2,1-3H3,(H,21,22)(H,23,24). The second-order valence-corrected chi connectivity index (χ2v) is 8.03. The number of sulfonamides is 1. The van der Waals surface area contributed by atoms with Crippen molar-refractivity contribution in [2.24, 2.45) is 0 Å². The Morgan fingerprint density at radius 2 is 1.61 bits per heavy atom. The highest BCUT2D eigenvalue weighted by Crippen LogP contribution is 2.20. The summed E-state index contributed by atoms with van der Waals surface area (Å²) < 4.78 is 32.8. The smallest absolute Gasteiger partial charge is 0.263 e. The molecule has 8 heteroatoms. The summed E-state index contributed by atoms with van der Waals surface area (Å²) in [6, 6.07) is 16.1. The number of benzene rings is 2. The van der Waals surface area contributed by atoms with Gasteiger partial charge in [0.2, 0.25) is 0 Å². The Kier molecular flexibility index (Phi) is 5.79. The number of nitrogens with zero attached hydrogens (tertiary/aromatic N) is 2. The Morgan fingerprint density at radius 1 is 0.929 bits per heavy atom. The van der Waals surface area contributed by atoms with E-state index in [0.717, 1.165) is 16.9 Å². The maximum absolute atomic E-state index is 12.6. The van der Waals surface area contributed by atoms with E-state index < -0.39 is 10.0 Å². The van der Waals surface area contributed by atoms with Crippen LogP contribution < -0.4 is 14.8 Å². The number of rotatable bonds is 7. The van der Waals surface area contributed by atoms with E-state index >= 15 is 0 Å². The molecule has 0 aliphatic carbocycles. The summed E-state index contributed by atoms with van der Waals surface area (Å²) in [5, 5.41) is 11.1. The molecule has 0 radical (unpaired) electrons. The first kappa shape index (κ1) is 19.6. The number of ether oxygens (including phenoxy) is 1. The highest BCUT2D eigenvalue weighted by Gasteiger charge is 2.17. The summed E-state index contributed by atoms with van der Waals surface area (Å²) in [4.78, 5) is 0.224. The van der Waals surface area contributed by atoms with Gasteiger partial charge in [-0.1, -0.05) is 29.8 Å². The van der Waals surface area contributed by atoms with Crippen LogP contribution in [0.1, 0.15) is 16.7 Å². The monoisotopic (exact) mass is 398 g/mol. The largest absolute Gasteiger partial charge is 0.497 e. The van der Waals surface area contributed by atoms with E-state index in [4.69, 9.17) is 4.74 Å². The molecule has 0 saturated heterocycles. The van der Waals surface area contributed by atoms with Crippen molar-refractivity contribution in [3.05, 3.63) is 71.3 Å². The minimum absolute atomic E-state index is 0.162. The molecule has 3 rings (SSSR count). The number of hydrogen-bond donors (Lipinski definition) is 2. The first-order valence-corrected chi connectivity index (χ1v) is 10.2. The maximum atomic E-state index is 12.6. The summed E-state index contributed by atoms with van der Waals surface area (Å²) >= 11 is 0. The first-order valence-electron chi connectivity index (χ1n) is 8.68. The van der Waals surface area contributed by atoms with Gasteiger partial charge in [-0.3, -0.25) is 4.72 Å². The van der Waals surface area contributed by atoms with Crippen LogP contribution in [0.2, 0.25) is 0 Å². The number of hydrogen-bond acceptors (Lipinski definition) is 6. The van der Waals surface area contributed by atoms with Gasteiger partial charge in [0.05, 0.1) is 12.0 Å². The second kappa shape index (κ2) is 8.26. The van der Waals surface area contributed by atoms with Gasteiger partial charge in [-0.2, -0.15) is 0 Å². The number of aromatic nitrogens is 2. The first-order chi connectivity index (χ1) is 13.4. The molecule has 0 amide bonds. The number of aryl methyl sites for hydroxylation is 2. The lowest BCUT2D eigenvalue weighted by Crippen LogP contribution is -2.15. The van der Waals surface area contributed by atoms with Crippen LogP contribution in [0.5, 0.6) is 5.75 Å². The van der Waals surface area contributed by atoms with Gasteiger partial charge < -0.3 is 10.1 Å². The van der Waals surface area contributed by atoms with Gasteiger partial charge in [0.15, 0.2) is 5.82 Å². The van der Waals surface area contributed by atoms with Crippen molar-refractivity contribution in [1.29, 1.82) is 0 Å². The minimum atomic E-state index is -3.72. The Bertz CT molecular complexity index is 1050. The zero-order chi connectivity index (χ0) is 20.1. The highest BCUT2D eigenvalue weighted by atomic mass is 32.2. The summed E-state index contributed by atoms with van der Waals surface area (Å²) in [7, 11) is -2.10. The average molecular weight is 398 g/mol. The van der Waals surface area contributed by atoms with Crippen molar-refractivity contribution in [3.63, 3.8) is 0 Å². The van der Waals surface area contributed by atoms with E-state index in [1.165, 1.54) is 0 Å².